The molecule has 0 saturated carbocycles. The summed E-state index contributed by atoms with van der Waals surface area (Å²) in [5.41, 5.74) is -0.596. The lowest BCUT2D eigenvalue weighted by atomic mass is 9.96. The van der Waals surface area contributed by atoms with Crippen molar-refractivity contribution >= 4 is 11.8 Å². The molecule has 3 aliphatic rings. The van der Waals surface area contributed by atoms with E-state index in [4.69, 9.17) is 14.2 Å². The van der Waals surface area contributed by atoms with E-state index in [2.05, 4.69) is 0 Å². The quantitative estimate of drug-likeness (QED) is 0.672. The fourth-order valence-corrected chi connectivity index (χ4v) is 3.59. The molecular weight excluding hydrogens is 300 g/mol. The fourth-order valence-electron chi connectivity index (χ4n) is 3.59. The molecule has 7 heteroatoms. The maximum atomic E-state index is 12.8. The number of hydrogen-bond donors (Lipinski definition) is 0. The third kappa shape index (κ3) is 3.84. The number of morpholine rings is 1. The number of carbonyl (C=O) groups is 2. The van der Waals surface area contributed by atoms with E-state index in [1.807, 2.05) is 4.90 Å². The molecule has 0 aromatic heterocycles. The van der Waals surface area contributed by atoms with Crippen molar-refractivity contribution in [3.63, 3.8) is 0 Å². The first-order valence-corrected chi connectivity index (χ1v) is 8.43. The van der Waals surface area contributed by atoms with Crippen molar-refractivity contribution in [1.29, 1.82) is 0 Å². The highest BCUT2D eigenvalue weighted by molar-refractivity contribution is 5.79. The van der Waals surface area contributed by atoms with Gasteiger partial charge in [-0.3, -0.25) is 9.59 Å². The van der Waals surface area contributed by atoms with Crippen LogP contribution in [0.1, 0.15) is 19.8 Å². The van der Waals surface area contributed by atoms with Crippen LogP contribution >= 0.6 is 0 Å². The summed E-state index contributed by atoms with van der Waals surface area (Å²) in [7, 11) is 0. The first-order valence-electron chi connectivity index (χ1n) is 8.43. The predicted octanol–water partition coefficient (Wildman–Crippen LogP) is -0.111. The summed E-state index contributed by atoms with van der Waals surface area (Å²) in [5.74, 6) is 0.260. The Morgan fingerprint density at radius 3 is 2.39 bits per heavy atom. The van der Waals surface area contributed by atoms with Crippen molar-refractivity contribution in [2.45, 2.75) is 25.4 Å². The monoisotopic (exact) mass is 326 g/mol. The zero-order valence-corrected chi connectivity index (χ0v) is 13.8. The van der Waals surface area contributed by atoms with Gasteiger partial charge in [-0.05, 0) is 12.8 Å². The summed E-state index contributed by atoms with van der Waals surface area (Å²) in [4.78, 5) is 28.2. The highest BCUT2D eigenvalue weighted by atomic mass is 16.5. The summed E-state index contributed by atoms with van der Waals surface area (Å²) in [6, 6.07) is 0. The lowest BCUT2D eigenvalue weighted by Crippen LogP contribution is -2.61. The molecule has 0 N–H and O–H groups in total. The second-order valence-corrected chi connectivity index (χ2v) is 6.67. The number of rotatable bonds is 1. The molecule has 0 bridgehead atoms. The topological polar surface area (TPSA) is 68.3 Å². The van der Waals surface area contributed by atoms with Gasteiger partial charge in [0.2, 0.25) is 11.8 Å². The Kier molecular flexibility index (Phi) is 5.18. The molecule has 0 aliphatic carbocycles. The Morgan fingerprint density at radius 1 is 0.957 bits per heavy atom. The zero-order chi connectivity index (χ0) is 16.3. The summed E-state index contributed by atoms with van der Waals surface area (Å²) in [6.45, 7) is 6.48. The van der Waals surface area contributed by atoms with Gasteiger partial charge in [-0.15, -0.1) is 0 Å². The normalized spacial score (nSPS) is 30.3. The lowest BCUT2D eigenvalue weighted by Gasteiger charge is -2.44. The van der Waals surface area contributed by atoms with Crippen LogP contribution in [0.25, 0.3) is 0 Å². The van der Waals surface area contributed by atoms with Gasteiger partial charge in [0.15, 0.2) is 0 Å². The van der Waals surface area contributed by atoms with E-state index in [1.54, 1.807) is 11.8 Å². The van der Waals surface area contributed by atoms with E-state index in [-0.39, 0.29) is 17.7 Å². The van der Waals surface area contributed by atoms with Gasteiger partial charge in [0.25, 0.3) is 0 Å². The van der Waals surface area contributed by atoms with Crippen LogP contribution in [0, 0.1) is 5.92 Å². The minimum atomic E-state index is -0.596. The number of amides is 2. The molecule has 0 aromatic carbocycles. The minimum absolute atomic E-state index is 0.0198. The molecule has 2 amide bonds. The average molecular weight is 326 g/mol. The standard InChI is InChI=1S/C16H26N2O5/c1-13(19)17-4-8-22-12-16(10-17)11-18(5-9-23-16)15(20)14-2-6-21-7-3-14/h14H,2-12H2,1H3/t16-/m1/s1. The number of nitrogens with zero attached hydrogens (tertiary/aromatic N) is 2. The Hall–Kier alpha value is -1.18. The summed E-state index contributed by atoms with van der Waals surface area (Å²) >= 11 is 0. The highest BCUT2D eigenvalue weighted by Gasteiger charge is 2.43. The van der Waals surface area contributed by atoms with E-state index in [0.29, 0.717) is 59.2 Å². The molecule has 3 saturated heterocycles. The van der Waals surface area contributed by atoms with Gasteiger partial charge in [0, 0.05) is 39.1 Å². The smallest absolute Gasteiger partial charge is 0.226 e. The molecule has 1 atom stereocenters. The third-order valence-electron chi connectivity index (χ3n) is 4.93. The molecule has 3 aliphatic heterocycles. The van der Waals surface area contributed by atoms with Gasteiger partial charge < -0.3 is 24.0 Å². The van der Waals surface area contributed by atoms with Crippen molar-refractivity contribution < 1.29 is 23.8 Å². The van der Waals surface area contributed by atoms with E-state index < -0.39 is 5.60 Å². The van der Waals surface area contributed by atoms with Crippen LogP contribution in [0.5, 0.6) is 0 Å². The summed E-state index contributed by atoms with van der Waals surface area (Å²) in [6.07, 6.45) is 1.58. The fraction of sp³-hybridized carbons (Fsp3) is 0.875. The Morgan fingerprint density at radius 2 is 1.65 bits per heavy atom. The van der Waals surface area contributed by atoms with Gasteiger partial charge in [-0.2, -0.15) is 0 Å². The van der Waals surface area contributed by atoms with E-state index >= 15 is 0 Å². The average Bonchev–Trinajstić information content (AvgIpc) is 2.78. The number of hydrogen-bond acceptors (Lipinski definition) is 5. The SMILES string of the molecule is CC(=O)N1CCOC[C@@]2(C1)CN(C(=O)C1CCOCC1)CCO2. The van der Waals surface area contributed by atoms with Gasteiger partial charge in [0.05, 0.1) is 32.9 Å². The number of carbonyl (C=O) groups excluding carboxylic acids is 2. The molecule has 0 unspecified atom stereocenters. The van der Waals surface area contributed by atoms with E-state index in [9.17, 15) is 9.59 Å². The maximum absolute atomic E-state index is 12.8. The van der Waals surface area contributed by atoms with Gasteiger partial charge in [0.1, 0.15) is 5.60 Å². The van der Waals surface area contributed by atoms with E-state index in [1.165, 1.54) is 0 Å². The first-order chi connectivity index (χ1) is 11.1. The van der Waals surface area contributed by atoms with Crippen molar-refractivity contribution in [3.05, 3.63) is 0 Å². The van der Waals surface area contributed by atoms with Crippen molar-refractivity contribution in [2.75, 3.05) is 59.2 Å². The van der Waals surface area contributed by atoms with Crippen LogP contribution in [0.3, 0.4) is 0 Å². The van der Waals surface area contributed by atoms with Crippen LogP contribution in [-0.2, 0) is 23.8 Å². The maximum Gasteiger partial charge on any atom is 0.226 e. The van der Waals surface area contributed by atoms with Crippen molar-refractivity contribution in [1.82, 2.24) is 9.80 Å². The summed E-state index contributed by atoms with van der Waals surface area (Å²) in [5, 5.41) is 0. The van der Waals surface area contributed by atoms with Crippen LogP contribution in [0.4, 0.5) is 0 Å². The molecule has 23 heavy (non-hydrogen) atoms. The molecule has 0 radical (unpaired) electrons. The molecule has 0 aromatic rings. The largest absolute Gasteiger partial charge is 0.381 e. The van der Waals surface area contributed by atoms with Crippen LogP contribution in [0.15, 0.2) is 0 Å². The highest BCUT2D eigenvalue weighted by Crippen LogP contribution is 2.26. The van der Waals surface area contributed by atoms with Crippen molar-refractivity contribution in [3.8, 4) is 0 Å². The van der Waals surface area contributed by atoms with Gasteiger partial charge >= 0.3 is 0 Å². The minimum Gasteiger partial charge on any atom is -0.381 e. The van der Waals surface area contributed by atoms with Crippen molar-refractivity contribution in [2.24, 2.45) is 5.92 Å². The molecular formula is C16H26N2O5. The second-order valence-electron chi connectivity index (χ2n) is 6.67. The predicted molar refractivity (Wildman–Crippen MR) is 81.9 cm³/mol. The Labute approximate surface area is 136 Å². The molecule has 3 rings (SSSR count). The second kappa shape index (κ2) is 7.15. The molecule has 3 heterocycles. The Bertz CT molecular complexity index is 452. The van der Waals surface area contributed by atoms with Gasteiger partial charge in [-0.25, -0.2) is 0 Å². The first kappa shape index (κ1) is 16.7. The molecule has 130 valence electrons. The van der Waals surface area contributed by atoms with Crippen LogP contribution in [0.2, 0.25) is 0 Å². The molecule has 3 fully saturated rings. The van der Waals surface area contributed by atoms with E-state index in [0.717, 1.165) is 12.8 Å². The lowest BCUT2D eigenvalue weighted by molar-refractivity contribution is -0.167. The Balaban J connectivity index is 1.68. The molecule has 1 spiro atoms. The summed E-state index contributed by atoms with van der Waals surface area (Å²) < 4.78 is 17.0. The number of ether oxygens (including phenoxy) is 3. The third-order valence-corrected chi connectivity index (χ3v) is 4.93. The molecule has 7 nitrogen and oxygen atoms in total. The van der Waals surface area contributed by atoms with Gasteiger partial charge in [-0.1, -0.05) is 0 Å². The zero-order valence-electron chi connectivity index (χ0n) is 13.8. The van der Waals surface area contributed by atoms with Crippen LogP contribution < -0.4 is 0 Å². The van der Waals surface area contributed by atoms with Crippen LogP contribution in [-0.4, -0.2) is 86.4 Å².